The number of ether oxygens (including phenoxy) is 1. The highest BCUT2D eigenvalue weighted by Crippen LogP contribution is 2.40. The number of aliphatic carboxylic acids is 1. The fraction of sp³-hybridized carbons (Fsp3) is 0.448. The molecule has 43 heavy (non-hydrogen) atoms. The van der Waals surface area contributed by atoms with Crippen LogP contribution in [-0.4, -0.2) is 80.9 Å². The Kier molecular flexibility index (Phi) is 8.95. The van der Waals surface area contributed by atoms with Crippen LogP contribution in [0.1, 0.15) is 47.1 Å². The zero-order valence-corrected chi connectivity index (χ0v) is 24.5. The van der Waals surface area contributed by atoms with E-state index in [1.54, 1.807) is 25.1 Å². The molecule has 0 aliphatic carbocycles. The highest BCUT2D eigenvalue weighted by Gasteiger charge is 2.46. The Morgan fingerprint density at radius 2 is 1.93 bits per heavy atom. The third-order valence-electron chi connectivity index (χ3n) is 8.16. The highest BCUT2D eigenvalue weighted by atomic mass is 35.5. The molecule has 0 saturated carbocycles. The molecule has 1 aromatic carbocycles. The first-order valence-electron chi connectivity index (χ1n) is 13.9. The number of piperidine rings is 1. The molecule has 0 spiro atoms. The highest BCUT2D eigenvalue weighted by molar-refractivity contribution is 6.30. The van der Waals surface area contributed by atoms with E-state index in [0.717, 1.165) is 0 Å². The lowest BCUT2D eigenvalue weighted by Gasteiger charge is -2.43. The number of halogens is 4. The van der Waals surface area contributed by atoms with Crippen LogP contribution in [-0.2, 0) is 22.5 Å². The van der Waals surface area contributed by atoms with Crippen LogP contribution in [0.2, 0.25) is 5.02 Å². The van der Waals surface area contributed by atoms with Crippen molar-refractivity contribution in [3.8, 4) is 0 Å². The molecule has 0 radical (unpaired) electrons. The number of aromatic amines is 1. The van der Waals surface area contributed by atoms with Gasteiger partial charge in [0.2, 0.25) is 0 Å². The number of amides is 1. The Hall–Kier alpha value is -3.68. The molecule has 0 bridgehead atoms. The fourth-order valence-corrected chi connectivity index (χ4v) is 5.95. The van der Waals surface area contributed by atoms with Gasteiger partial charge in [0, 0.05) is 49.4 Å². The van der Waals surface area contributed by atoms with E-state index in [4.69, 9.17) is 16.3 Å². The van der Waals surface area contributed by atoms with Crippen molar-refractivity contribution in [3.63, 3.8) is 0 Å². The second-order valence-electron chi connectivity index (χ2n) is 11.1. The van der Waals surface area contributed by atoms with Gasteiger partial charge in [-0.2, -0.15) is 5.10 Å². The molecule has 2 aromatic heterocycles. The summed E-state index contributed by atoms with van der Waals surface area (Å²) in [6, 6.07) is 5.95. The number of morpholine rings is 1. The van der Waals surface area contributed by atoms with Crippen molar-refractivity contribution >= 4 is 35.1 Å². The van der Waals surface area contributed by atoms with Crippen LogP contribution in [0.25, 0.3) is 0 Å². The predicted octanol–water partition coefficient (Wildman–Crippen LogP) is 4.70. The van der Waals surface area contributed by atoms with Gasteiger partial charge in [0.15, 0.2) is 23.3 Å². The van der Waals surface area contributed by atoms with Gasteiger partial charge in [-0.05, 0) is 39.3 Å². The maximum atomic E-state index is 16.1. The van der Waals surface area contributed by atoms with Gasteiger partial charge in [0.1, 0.15) is 11.4 Å². The monoisotopic (exact) mass is 620 g/mol. The summed E-state index contributed by atoms with van der Waals surface area (Å²) < 4.78 is 51.7. The average Bonchev–Trinajstić information content (AvgIpc) is 3.39. The first-order valence-corrected chi connectivity index (χ1v) is 14.3. The number of carbonyl (C=O) groups is 2. The Balaban J connectivity index is 1.47. The SMILES string of the molecule is Cc1cc(Nc2nc(C[C@@]3(C(=O)O)CCN(Cc4cccc(Cl)c4F)[C@H](C)C3)c(F)c(C(=O)N3CCOCC3)c2F)n[nH]1. The van der Waals surface area contributed by atoms with E-state index in [0.29, 0.717) is 11.3 Å². The number of carboxylic acids is 1. The van der Waals surface area contributed by atoms with Gasteiger partial charge in [0.05, 0.1) is 29.3 Å². The summed E-state index contributed by atoms with van der Waals surface area (Å²) in [5, 5.41) is 19.8. The van der Waals surface area contributed by atoms with Gasteiger partial charge < -0.3 is 20.1 Å². The minimum Gasteiger partial charge on any atom is -0.481 e. The predicted molar refractivity (Wildman–Crippen MR) is 152 cm³/mol. The molecular formula is C29H32ClF3N6O4. The first-order chi connectivity index (χ1) is 20.5. The number of rotatable bonds is 8. The number of hydrogen-bond acceptors (Lipinski definition) is 7. The standard InChI is InChI=1S/C29H32ClF3N6O4/c1-16-12-21(37-36-16)35-26-25(33)22(27(40)38-8-10-43-11-9-38)24(32)20(34-26)14-29(28(41)42)6-7-39(17(2)13-29)15-18-4-3-5-19(30)23(18)31/h3-5,12,17H,6-11,13-15H2,1-2H3,(H,41,42)(H2,34,35,36,37)/t17-,29-/m1/s1. The van der Waals surface area contributed by atoms with Crippen LogP contribution in [0.3, 0.4) is 0 Å². The molecule has 230 valence electrons. The summed E-state index contributed by atoms with van der Waals surface area (Å²) in [6.07, 6.45) is -0.228. The third-order valence-corrected chi connectivity index (χ3v) is 8.46. The Labute approximate surface area is 251 Å². The van der Waals surface area contributed by atoms with Crippen molar-refractivity contribution in [2.45, 2.75) is 45.7 Å². The Morgan fingerprint density at radius 1 is 1.19 bits per heavy atom. The van der Waals surface area contributed by atoms with Crippen LogP contribution < -0.4 is 5.32 Å². The van der Waals surface area contributed by atoms with E-state index in [1.165, 1.54) is 11.0 Å². The van der Waals surface area contributed by atoms with Crippen molar-refractivity contribution in [1.29, 1.82) is 0 Å². The third kappa shape index (κ3) is 6.34. The van der Waals surface area contributed by atoms with Gasteiger partial charge in [-0.15, -0.1) is 0 Å². The van der Waals surface area contributed by atoms with Crippen LogP contribution in [0, 0.1) is 29.8 Å². The molecule has 2 fully saturated rings. The molecule has 10 nitrogen and oxygen atoms in total. The van der Waals surface area contributed by atoms with Crippen molar-refractivity contribution in [2.75, 3.05) is 38.2 Å². The lowest BCUT2D eigenvalue weighted by atomic mass is 9.72. The van der Waals surface area contributed by atoms with Gasteiger partial charge in [0.25, 0.3) is 5.91 Å². The molecular weight excluding hydrogens is 589 g/mol. The molecule has 3 N–H and O–H groups in total. The molecule has 4 heterocycles. The maximum Gasteiger partial charge on any atom is 0.310 e. The zero-order valence-electron chi connectivity index (χ0n) is 23.7. The van der Waals surface area contributed by atoms with Gasteiger partial charge >= 0.3 is 5.97 Å². The van der Waals surface area contributed by atoms with Crippen LogP contribution in [0.5, 0.6) is 0 Å². The maximum absolute atomic E-state index is 16.1. The summed E-state index contributed by atoms with van der Waals surface area (Å²) in [7, 11) is 0. The average molecular weight is 621 g/mol. The van der Waals surface area contributed by atoms with Crippen molar-refractivity contribution in [1.82, 2.24) is 25.0 Å². The summed E-state index contributed by atoms with van der Waals surface area (Å²) in [6.45, 7) is 4.76. The molecule has 5 rings (SSSR count). The van der Waals surface area contributed by atoms with Crippen LogP contribution in [0.15, 0.2) is 24.3 Å². The van der Waals surface area contributed by atoms with Crippen molar-refractivity contribution < 1.29 is 32.6 Å². The second kappa shape index (κ2) is 12.5. The molecule has 2 atom stereocenters. The number of carboxylic acid groups (broad SMARTS) is 1. The van der Waals surface area contributed by atoms with Crippen molar-refractivity contribution in [2.24, 2.45) is 5.41 Å². The summed E-state index contributed by atoms with van der Waals surface area (Å²) in [4.78, 5) is 33.5. The van der Waals surface area contributed by atoms with Gasteiger partial charge in [-0.3, -0.25) is 19.6 Å². The zero-order chi connectivity index (χ0) is 30.9. The topological polar surface area (TPSA) is 124 Å². The number of pyridine rings is 1. The number of carbonyl (C=O) groups excluding carboxylic acids is 1. The molecule has 2 aliphatic rings. The fourth-order valence-electron chi connectivity index (χ4n) is 5.76. The second-order valence-corrected chi connectivity index (χ2v) is 11.5. The van der Waals surface area contributed by atoms with Gasteiger partial charge in [-0.25, -0.2) is 18.2 Å². The summed E-state index contributed by atoms with van der Waals surface area (Å²) >= 11 is 5.94. The lowest BCUT2D eigenvalue weighted by Crippen LogP contribution is -2.50. The molecule has 1 amide bonds. The van der Waals surface area contributed by atoms with Crippen LogP contribution >= 0.6 is 11.6 Å². The molecule has 2 saturated heterocycles. The number of aryl methyl sites for hydroxylation is 1. The van der Waals surface area contributed by atoms with Crippen molar-refractivity contribution in [3.05, 3.63) is 69.3 Å². The molecule has 0 unspecified atom stereocenters. The number of nitrogens with one attached hydrogen (secondary N) is 2. The lowest BCUT2D eigenvalue weighted by molar-refractivity contribution is -0.153. The number of benzene rings is 1. The number of H-pyrrole nitrogens is 1. The van der Waals surface area contributed by atoms with E-state index >= 15 is 8.78 Å². The minimum atomic E-state index is -1.48. The number of likely N-dealkylation sites (tertiary alicyclic amines) is 1. The number of anilines is 2. The van der Waals surface area contributed by atoms with E-state index < -0.39 is 52.5 Å². The smallest absolute Gasteiger partial charge is 0.310 e. The van der Waals surface area contributed by atoms with E-state index in [9.17, 15) is 19.1 Å². The minimum absolute atomic E-state index is 0.00301. The Morgan fingerprint density at radius 3 is 2.58 bits per heavy atom. The number of nitrogens with zero attached hydrogens (tertiary/aromatic N) is 4. The summed E-state index contributed by atoms with van der Waals surface area (Å²) in [5.41, 5.74) is -1.60. The number of aromatic nitrogens is 3. The summed E-state index contributed by atoms with van der Waals surface area (Å²) in [5.74, 6) is -5.23. The normalized spacial score (nSPS) is 21.2. The van der Waals surface area contributed by atoms with E-state index in [1.807, 2.05) is 11.8 Å². The quantitative estimate of drug-likeness (QED) is 0.331. The van der Waals surface area contributed by atoms with Gasteiger partial charge in [-0.1, -0.05) is 23.7 Å². The van der Waals surface area contributed by atoms with E-state index in [-0.39, 0.29) is 74.8 Å². The molecule has 14 heteroatoms. The van der Waals surface area contributed by atoms with Crippen LogP contribution in [0.4, 0.5) is 24.8 Å². The first kappa shape index (κ1) is 30.8. The Bertz CT molecular complexity index is 1530. The van der Waals surface area contributed by atoms with E-state index in [2.05, 4.69) is 20.5 Å². The number of hydrogen-bond donors (Lipinski definition) is 3. The molecule has 2 aliphatic heterocycles. The molecule has 3 aromatic rings. The largest absolute Gasteiger partial charge is 0.481 e.